The molecule has 0 saturated carbocycles. The normalized spacial score (nSPS) is 19.5. The molecule has 1 saturated heterocycles. The van der Waals surface area contributed by atoms with Crippen molar-refractivity contribution < 1.29 is 19.1 Å². The van der Waals surface area contributed by atoms with Crippen molar-refractivity contribution >= 4 is 40.6 Å². The molecule has 3 atom stereocenters. The molecule has 1 N–H and O–H groups in total. The standard InChI is InChI=1S/C30H31Cl2NO4/c1-18(2)27-14-22(26-11-10-23(31)15-28(26)32)16-37-30(27)21-7-5-9-25(13-21)36-17-29(35)33-24-8-4-6-20(12-24)19(3)34/h4-13,15,18,22,27,30H,14,16-17H2,1-3H3,(H,33,35)/t22-,27-,30-/m0/s1. The third-order valence-corrected chi connectivity index (χ3v) is 7.35. The minimum absolute atomic E-state index is 0.0589. The Balaban J connectivity index is 1.41. The van der Waals surface area contributed by atoms with Gasteiger partial charge in [-0.25, -0.2) is 0 Å². The molecule has 194 valence electrons. The smallest absolute Gasteiger partial charge is 0.262 e. The molecule has 4 rings (SSSR count). The summed E-state index contributed by atoms with van der Waals surface area (Å²) in [7, 11) is 0. The van der Waals surface area contributed by atoms with E-state index in [-0.39, 0.29) is 36.2 Å². The molecule has 1 aliphatic heterocycles. The minimum Gasteiger partial charge on any atom is -0.484 e. The van der Waals surface area contributed by atoms with Crippen LogP contribution in [0.25, 0.3) is 0 Å². The molecule has 0 spiro atoms. The minimum atomic E-state index is -0.303. The first-order valence-electron chi connectivity index (χ1n) is 12.4. The molecular weight excluding hydrogens is 509 g/mol. The Morgan fingerprint density at radius 1 is 1.05 bits per heavy atom. The Hall–Kier alpha value is -2.86. The van der Waals surface area contributed by atoms with E-state index in [1.165, 1.54) is 6.92 Å². The van der Waals surface area contributed by atoms with E-state index in [9.17, 15) is 9.59 Å². The van der Waals surface area contributed by atoms with Crippen molar-refractivity contribution in [3.63, 3.8) is 0 Å². The van der Waals surface area contributed by atoms with E-state index in [4.69, 9.17) is 32.7 Å². The molecule has 3 aromatic carbocycles. The van der Waals surface area contributed by atoms with Gasteiger partial charge in [-0.05, 0) is 72.7 Å². The SMILES string of the molecule is CC(=O)c1cccc(NC(=O)COc2cccc([C@@H]3OC[C@@H](c4ccc(Cl)cc4Cl)C[C@H]3C(C)C)c2)c1. The topological polar surface area (TPSA) is 64.6 Å². The largest absolute Gasteiger partial charge is 0.484 e. The lowest BCUT2D eigenvalue weighted by molar-refractivity contribution is -0.118. The van der Waals surface area contributed by atoms with Crippen LogP contribution < -0.4 is 10.1 Å². The third kappa shape index (κ3) is 6.92. The molecule has 5 nitrogen and oxygen atoms in total. The molecule has 0 bridgehead atoms. The van der Waals surface area contributed by atoms with E-state index in [0.29, 0.717) is 39.6 Å². The van der Waals surface area contributed by atoms with Crippen molar-refractivity contribution in [1.82, 2.24) is 0 Å². The molecule has 37 heavy (non-hydrogen) atoms. The van der Waals surface area contributed by atoms with Crippen molar-refractivity contribution in [3.8, 4) is 5.75 Å². The van der Waals surface area contributed by atoms with Crippen molar-refractivity contribution in [3.05, 3.63) is 93.5 Å². The molecule has 0 aromatic heterocycles. The highest BCUT2D eigenvalue weighted by molar-refractivity contribution is 6.35. The molecule has 0 aliphatic carbocycles. The van der Waals surface area contributed by atoms with Crippen LogP contribution in [0.5, 0.6) is 5.75 Å². The summed E-state index contributed by atoms with van der Waals surface area (Å²) in [6.45, 7) is 6.31. The number of ether oxygens (including phenoxy) is 2. The average Bonchev–Trinajstić information content (AvgIpc) is 2.87. The first-order valence-corrected chi connectivity index (χ1v) is 13.2. The fourth-order valence-electron chi connectivity index (χ4n) is 4.82. The number of halogens is 2. The summed E-state index contributed by atoms with van der Waals surface area (Å²) in [5.74, 6) is 1.09. The Kier molecular flexibility index (Phi) is 8.91. The second kappa shape index (κ2) is 12.1. The van der Waals surface area contributed by atoms with Crippen LogP contribution in [0.15, 0.2) is 66.7 Å². The number of rotatable bonds is 8. The number of nitrogens with one attached hydrogen (secondary N) is 1. The Bertz CT molecular complexity index is 1280. The van der Waals surface area contributed by atoms with Gasteiger partial charge in [0.05, 0.1) is 12.7 Å². The lowest BCUT2D eigenvalue weighted by atomic mass is 9.76. The first kappa shape index (κ1) is 27.2. The van der Waals surface area contributed by atoms with Gasteiger partial charge in [0.2, 0.25) is 0 Å². The fraction of sp³-hybridized carbons (Fsp3) is 0.333. The molecule has 1 aliphatic rings. The summed E-state index contributed by atoms with van der Waals surface area (Å²) in [6.07, 6.45) is 0.852. The number of amides is 1. The lowest BCUT2D eigenvalue weighted by Crippen LogP contribution is -2.31. The van der Waals surface area contributed by atoms with Crippen molar-refractivity contribution in [2.24, 2.45) is 11.8 Å². The van der Waals surface area contributed by atoms with E-state index in [1.54, 1.807) is 30.3 Å². The van der Waals surface area contributed by atoms with Crippen LogP contribution in [0, 0.1) is 11.8 Å². The van der Waals surface area contributed by atoms with E-state index >= 15 is 0 Å². The van der Waals surface area contributed by atoms with Crippen LogP contribution in [0.1, 0.15) is 60.7 Å². The van der Waals surface area contributed by atoms with Gasteiger partial charge in [0, 0.05) is 27.2 Å². The molecule has 0 unspecified atom stereocenters. The van der Waals surface area contributed by atoms with Gasteiger partial charge >= 0.3 is 0 Å². The quantitative estimate of drug-likeness (QED) is 0.297. The van der Waals surface area contributed by atoms with E-state index < -0.39 is 0 Å². The van der Waals surface area contributed by atoms with Crippen LogP contribution in [0.3, 0.4) is 0 Å². The highest BCUT2D eigenvalue weighted by Crippen LogP contribution is 2.45. The predicted octanol–water partition coefficient (Wildman–Crippen LogP) is 7.73. The van der Waals surface area contributed by atoms with Gasteiger partial charge in [0.1, 0.15) is 5.75 Å². The van der Waals surface area contributed by atoms with Gasteiger partial charge in [-0.15, -0.1) is 0 Å². The first-order chi connectivity index (χ1) is 17.7. The molecule has 1 amide bonds. The van der Waals surface area contributed by atoms with Crippen LogP contribution in [-0.2, 0) is 9.53 Å². The van der Waals surface area contributed by atoms with Gasteiger partial charge in [-0.2, -0.15) is 0 Å². The summed E-state index contributed by atoms with van der Waals surface area (Å²) in [4.78, 5) is 24.0. The number of carbonyl (C=O) groups excluding carboxylic acids is 2. The summed E-state index contributed by atoms with van der Waals surface area (Å²) in [6, 6.07) is 20.2. The van der Waals surface area contributed by atoms with Crippen molar-refractivity contribution in [2.45, 2.75) is 39.2 Å². The third-order valence-electron chi connectivity index (χ3n) is 6.79. The number of hydrogen-bond donors (Lipinski definition) is 1. The van der Waals surface area contributed by atoms with Gasteiger partial charge in [0.25, 0.3) is 5.91 Å². The highest BCUT2D eigenvalue weighted by Gasteiger charge is 2.35. The maximum absolute atomic E-state index is 12.4. The van der Waals surface area contributed by atoms with E-state index in [1.807, 2.05) is 36.4 Å². The van der Waals surface area contributed by atoms with Crippen LogP contribution >= 0.6 is 23.2 Å². The van der Waals surface area contributed by atoms with Gasteiger partial charge < -0.3 is 14.8 Å². The Labute approximate surface area is 228 Å². The number of carbonyl (C=O) groups is 2. The summed E-state index contributed by atoms with van der Waals surface area (Å²) >= 11 is 12.6. The maximum atomic E-state index is 12.4. The Morgan fingerprint density at radius 3 is 2.57 bits per heavy atom. The van der Waals surface area contributed by atoms with Gasteiger partial charge in [0.15, 0.2) is 12.4 Å². The number of Topliss-reactive ketones (excluding diaryl/α,β-unsaturated/α-hetero) is 1. The van der Waals surface area contributed by atoms with Gasteiger partial charge in [-0.3, -0.25) is 9.59 Å². The maximum Gasteiger partial charge on any atom is 0.262 e. The molecule has 7 heteroatoms. The predicted molar refractivity (Wildman–Crippen MR) is 148 cm³/mol. The second-order valence-corrected chi connectivity index (χ2v) is 10.7. The second-order valence-electron chi connectivity index (χ2n) is 9.81. The highest BCUT2D eigenvalue weighted by atomic mass is 35.5. The Morgan fingerprint density at radius 2 is 1.84 bits per heavy atom. The number of anilines is 1. The zero-order chi connectivity index (χ0) is 26.5. The summed E-state index contributed by atoms with van der Waals surface area (Å²) < 4.78 is 12.2. The van der Waals surface area contributed by atoms with Crippen LogP contribution in [0.4, 0.5) is 5.69 Å². The molecular formula is C30H31Cl2NO4. The molecule has 0 radical (unpaired) electrons. The summed E-state index contributed by atoms with van der Waals surface area (Å²) in [5.41, 5.74) is 3.18. The number of hydrogen-bond acceptors (Lipinski definition) is 4. The fourth-order valence-corrected chi connectivity index (χ4v) is 5.38. The van der Waals surface area contributed by atoms with Gasteiger partial charge in [-0.1, -0.05) is 67.4 Å². The molecule has 1 heterocycles. The number of benzene rings is 3. The van der Waals surface area contributed by atoms with Crippen molar-refractivity contribution in [2.75, 3.05) is 18.5 Å². The summed E-state index contributed by atoms with van der Waals surface area (Å²) in [5, 5.41) is 4.07. The monoisotopic (exact) mass is 539 g/mol. The average molecular weight is 540 g/mol. The van der Waals surface area contributed by atoms with Crippen LogP contribution in [-0.4, -0.2) is 24.9 Å². The molecule has 3 aromatic rings. The van der Waals surface area contributed by atoms with Crippen molar-refractivity contribution in [1.29, 1.82) is 0 Å². The lowest BCUT2D eigenvalue weighted by Gasteiger charge is -2.39. The van der Waals surface area contributed by atoms with E-state index in [2.05, 4.69) is 19.2 Å². The van der Waals surface area contributed by atoms with Crippen LogP contribution in [0.2, 0.25) is 10.0 Å². The van der Waals surface area contributed by atoms with E-state index in [0.717, 1.165) is 17.5 Å². The number of ketones is 1. The zero-order valence-electron chi connectivity index (χ0n) is 21.2. The zero-order valence-corrected chi connectivity index (χ0v) is 22.7. The molecule has 1 fully saturated rings.